The summed E-state index contributed by atoms with van der Waals surface area (Å²) in [6.07, 6.45) is 2.28. The van der Waals surface area contributed by atoms with E-state index >= 15 is 0 Å². The molecule has 0 saturated heterocycles. The molecule has 1 atom stereocenters. The predicted octanol–water partition coefficient (Wildman–Crippen LogP) is 2.83. The van der Waals surface area contributed by atoms with Gasteiger partial charge in [0, 0.05) is 12.6 Å². The van der Waals surface area contributed by atoms with E-state index in [2.05, 4.69) is 39.9 Å². The molecular weight excluding hydrogens is 174 g/mol. The Hall–Kier alpha value is -0.0800. The highest BCUT2D eigenvalue weighted by molar-refractivity contribution is 4.82. The number of hydrogen-bond donors (Lipinski definition) is 1. The van der Waals surface area contributed by atoms with Crippen LogP contribution >= 0.6 is 0 Å². The van der Waals surface area contributed by atoms with Crippen molar-refractivity contribution >= 4 is 0 Å². The molecule has 1 N–H and O–H groups in total. The van der Waals surface area contributed by atoms with Crippen LogP contribution in [0.25, 0.3) is 0 Å². The van der Waals surface area contributed by atoms with Crippen molar-refractivity contribution in [2.24, 2.45) is 5.41 Å². The van der Waals surface area contributed by atoms with Gasteiger partial charge in [-0.15, -0.1) is 0 Å². The lowest BCUT2D eigenvalue weighted by atomic mass is 9.82. The first-order valence-corrected chi connectivity index (χ1v) is 5.89. The van der Waals surface area contributed by atoms with E-state index in [0.29, 0.717) is 11.5 Å². The summed E-state index contributed by atoms with van der Waals surface area (Å²) in [6, 6.07) is 0.476. The zero-order chi connectivity index (χ0) is 11.0. The quantitative estimate of drug-likeness (QED) is 0.610. The second kappa shape index (κ2) is 7.24. The van der Waals surface area contributed by atoms with Crippen LogP contribution in [-0.2, 0) is 4.74 Å². The minimum Gasteiger partial charge on any atom is -0.380 e. The molecule has 0 aliphatic rings. The normalized spacial score (nSPS) is 14.4. The first-order chi connectivity index (χ1) is 6.58. The molecule has 0 amide bonds. The number of hydrogen-bond acceptors (Lipinski definition) is 2. The van der Waals surface area contributed by atoms with Crippen molar-refractivity contribution in [3.8, 4) is 0 Å². The van der Waals surface area contributed by atoms with Gasteiger partial charge in [-0.3, -0.25) is 0 Å². The van der Waals surface area contributed by atoms with Crippen LogP contribution in [-0.4, -0.2) is 25.8 Å². The van der Waals surface area contributed by atoms with E-state index in [1.54, 1.807) is 0 Å². The summed E-state index contributed by atoms with van der Waals surface area (Å²) >= 11 is 0. The van der Waals surface area contributed by atoms with E-state index < -0.39 is 0 Å². The van der Waals surface area contributed by atoms with Crippen molar-refractivity contribution in [2.75, 3.05) is 19.8 Å². The summed E-state index contributed by atoms with van der Waals surface area (Å²) < 4.78 is 5.62. The van der Waals surface area contributed by atoms with E-state index in [1.165, 1.54) is 6.42 Å². The Morgan fingerprint density at radius 3 is 2.29 bits per heavy atom. The lowest BCUT2D eigenvalue weighted by Crippen LogP contribution is -2.45. The molecule has 0 aliphatic heterocycles. The van der Waals surface area contributed by atoms with Crippen LogP contribution in [0.15, 0.2) is 0 Å². The highest BCUT2D eigenvalue weighted by Crippen LogP contribution is 2.24. The third-order valence-electron chi connectivity index (χ3n) is 2.94. The van der Waals surface area contributed by atoms with E-state index in [4.69, 9.17) is 4.74 Å². The maximum atomic E-state index is 5.62. The van der Waals surface area contributed by atoms with Crippen LogP contribution in [0.1, 0.15) is 47.5 Å². The number of nitrogens with one attached hydrogen (secondary N) is 1. The maximum Gasteiger partial charge on any atom is 0.0624 e. The van der Waals surface area contributed by atoms with Gasteiger partial charge >= 0.3 is 0 Å². The van der Waals surface area contributed by atoms with Crippen LogP contribution < -0.4 is 5.32 Å². The summed E-state index contributed by atoms with van der Waals surface area (Å²) in [7, 11) is 0. The summed E-state index contributed by atoms with van der Waals surface area (Å²) in [6.45, 7) is 13.9. The van der Waals surface area contributed by atoms with Gasteiger partial charge in [0.05, 0.1) is 6.61 Å². The lowest BCUT2D eigenvalue weighted by molar-refractivity contribution is 0.0690. The van der Waals surface area contributed by atoms with E-state index in [0.717, 1.165) is 26.2 Å². The lowest BCUT2D eigenvalue weighted by Gasteiger charge is -2.34. The minimum absolute atomic E-state index is 0.323. The SMILES string of the molecule is CCCOCC(NCC)C(C)(C)CC. The third-order valence-corrected chi connectivity index (χ3v) is 2.94. The number of ether oxygens (including phenoxy) is 1. The van der Waals surface area contributed by atoms with Gasteiger partial charge < -0.3 is 10.1 Å². The van der Waals surface area contributed by atoms with Crippen molar-refractivity contribution in [1.29, 1.82) is 0 Å². The molecule has 2 heteroatoms. The molecule has 0 rings (SSSR count). The minimum atomic E-state index is 0.323. The fourth-order valence-corrected chi connectivity index (χ4v) is 1.40. The van der Waals surface area contributed by atoms with Crippen LogP contribution in [0.5, 0.6) is 0 Å². The van der Waals surface area contributed by atoms with Gasteiger partial charge in [0.15, 0.2) is 0 Å². The molecule has 0 aromatic carbocycles. The Morgan fingerprint density at radius 2 is 1.86 bits per heavy atom. The Kier molecular flexibility index (Phi) is 7.20. The smallest absolute Gasteiger partial charge is 0.0624 e. The standard InChI is InChI=1S/C12H27NO/c1-6-9-14-10-11(13-8-3)12(4,5)7-2/h11,13H,6-10H2,1-5H3. The fourth-order valence-electron chi connectivity index (χ4n) is 1.40. The van der Waals surface area contributed by atoms with Gasteiger partial charge in [0.2, 0.25) is 0 Å². The second-order valence-electron chi connectivity index (χ2n) is 4.53. The summed E-state index contributed by atoms with van der Waals surface area (Å²) in [5.74, 6) is 0. The van der Waals surface area contributed by atoms with Gasteiger partial charge in [-0.1, -0.05) is 34.6 Å². The molecule has 2 nitrogen and oxygen atoms in total. The van der Waals surface area contributed by atoms with Crippen molar-refractivity contribution in [1.82, 2.24) is 5.32 Å². The molecule has 0 radical (unpaired) electrons. The molecule has 86 valence electrons. The molecule has 0 aromatic heterocycles. The van der Waals surface area contributed by atoms with Gasteiger partial charge in [-0.2, -0.15) is 0 Å². The molecule has 0 aliphatic carbocycles. The Balaban J connectivity index is 4.00. The Morgan fingerprint density at radius 1 is 1.21 bits per heavy atom. The predicted molar refractivity (Wildman–Crippen MR) is 62.6 cm³/mol. The molecule has 1 unspecified atom stereocenters. The molecule has 0 saturated carbocycles. The average Bonchev–Trinajstić information content (AvgIpc) is 2.17. The fraction of sp³-hybridized carbons (Fsp3) is 1.00. The second-order valence-corrected chi connectivity index (χ2v) is 4.53. The van der Waals surface area contributed by atoms with Gasteiger partial charge in [-0.25, -0.2) is 0 Å². The van der Waals surface area contributed by atoms with Crippen LogP contribution in [0.4, 0.5) is 0 Å². The average molecular weight is 201 g/mol. The van der Waals surface area contributed by atoms with Crippen molar-refractivity contribution in [3.63, 3.8) is 0 Å². The summed E-state index contributed by atoms with van der Waals surface area (Å²) in [4.78, 5) is 0. The van der Waals surface area contributed by atoms with Gasteiger partial charge in [0.1, 0.15) is 0 Å². The van der Waals surface area contributed by atoms with Crippen LogP contribution in [0.2, 0.25) is 0 Å². The van der Waals surface area contributed by atoms with E-state index in [1.807, 2.05) is 0 Å². The first-order valence-electron chi connectivity index (χ1n) is 5.89. The third kappa shape index (κ3) is 4.97. The van der Waals surface area contributed by atoms with Gasteiger partial charge in [-0.05, 0) is 24.8 Å². The highest BCUT2D eigenvalue weighted by atomic mass is 16.5. The zero-order valence-electron chi connectivity index (χ0n) is 10.5. The highest BCUT2D eigenvalue weighted by Gasteiger charge is 2.26. The van der Waals surface area contributed by atoms with Crippen molar-refractivity contribution < 1.29 is 4.74 Å². The Bertz CT molecular complexity index is 134. The zero-order valence-corrected chi connectivity index (χ0v) is 10.5. The molecule has 0 spiro atoms. The van der Waals surface area contributed by atoms with Crippen molar-refractivity contribution in [3.05, 3.63) is 0 Å². The molecular formula is C12H27NO. The number of rotatable bonds is 8. The Labute approximate surface area is 89.4 Å². The monoisotopic (exact) mass is 201 g/mol. The van der Waals surface area contributed by atoms with E-state index in [-0.39, 0.29) is 0 Å². The number of likely N-dealkylation sites (N-methyl/N-ethyl adjacent to an activating group) is 1. The summed E-state index contributed by atoms with van der Waals surface area (Å²) in [5, 5.41) is 3.51. The molecule has 0 bridgehead atoms. The summed E-state index contributed by atoms with van der Waals surface area (Å²) in [5.41, 5.74) is 0.323. The van der Waals surface area contributed by atoms with Crippen LogP contribution in [0, 0.1) is 5.41 Å². The molecule has 0 aromatic rings. The maximum absolute atomic E-state index is 5.62. The van der Waals surface area contributed by atoms with E-state index in [9.17, 15) is 0 Å². The molecule has 0 heterocycles. The van der Waals surface area contributed by atoms with Gasteiger partial charge in [0.25, 0.3) is 0 Å². The topological polar surface area (TPSA) is 21.3 Å². The first kappa shape index (κ1) is 13.9. The van der Waals surface area contributed by atoms with Crippen molar-refractivity contribution in [2.45, 2.75) is 53.5 Å². The largest absolute Gasteiger partial charge is 0.380 e. The van der Waals surface area contributed by atoms with Crippen LogP contribution in [0.3, 0.4) is 0 Å². The molecule has 14 heavy (non-hydrogen) atoms. The molecule has 0 fully saturated rings.